The smallest absolute Gasteiger partial charge is 0.252 e. The van der Waals surface area contributed by atoms with E-state index < -0.39 is 10.0 Å². The van der Waals surface area contributed by atoms with Gasteiger partial charge in [-0.1, -0.05) is 60.7 Å². The molecule has 194 valence electrons. The molecular weight excluding hydrogens is 502 g/mol. The number of ether oxygens (including phenoxy) is 1. The molecule has 0 N–H and O–H groups in total. The van der Waals surface area contributed by atoms with E-state index in [4.69, 9.17) is 4.74 Å². The maximum absolute atomic E-state index is 12.7. The van der Waals surface area contributed by atoms with Crippen molar-refractivity contribution in [3.05, 3.63) is 95.4 Å². The van der Waals surface area contributed by atoms with E-state index in [0.717, 1.165) is 25.4 Å². The molecule has 0 radical (unpaired) electrons. The van der Waals surface area contributed by atoms with Crippen molar-refractivity contribution in [3.63, 3.8) is 0 Å². The molecule has 0 aliphatic carbocycles. The van der Waals surface area contributed by atoms with E-state index in [0.29, 0.717) is 37.0 Å². The molecule has 0 atom stereocenters. The van der Waals surface area contributed by atoms with Gasteiger partial charge in [0.15, 0.2) is 0 Å². The van der Waals surface area contributed by atoms with Gasteiger partial charge in [-0.15, -0.1) is 11.3 Å². The number of nitrogens with zero attached hydrogens (tertiary/aromatic N) is 3. The first-order chi connectivity index (χ1) is 18.0. The number of hydrogen-bond donors (Lipinski definition) is 0. The standard InChI is InChI=1S/C29H33N3O3S2/c1-30(23-26-10-5-9-25-8-2-3-12-28(25)26)22-24-7-4-11-27(21-24)35-19-18-31-14-16-32(17-15-31)37(33,34)29-13-6-20-36-29/h2-13,20-21H,14-19,22-23H2,1H3. The number of sulfonamides is 1. The number of thiophene rings is 1. The lowest BCUT2D eigenvalue weighted by Crippen LogP contribution is -2.49. The predicted octanol–water partition coefficient (Wildman–Crippen LogP) is 4.92. The second-order valence-corrected chi connectivity index (χ2v) is 12.6. The molecule has 37 heavy (non-hydrogen) atoms. The summed E-state index contributed by atoms with van der Waals surface area (Å²) in [5.41, 5.74) is 2.55. The largest absolute Gasteiger partial charge is 0.492 e. The van der Waals surface area contributed by atoms with E-state index in [1.54, 1.807) is 21.8 Å². The van der Waals surface area contributed by atoms with Crippen LogP contribution in [0.15, 0.2) is 88.5 Å². The van der Waals surface area contributed by atoms with Gasteiger partial charge in [0.2, 0.25) is 0 Å². The molecule has 3 aromatic carbocycles. The molecule has 4 aromatic rings. The average Bonchev–Trinajstić information content (AvgIpc) is 3.46. The van der Waals surface area contributed by atoms with Gasteiger partial charge in [0, 0.05) is 45.8 Å². The third kappa shape index (κ3) is 6.40. The van der Waals surface area contributed by atoms with Crippen LogP contribution < -0.4 is 4.74 Å². The SMILES string of the molecule is CN(Cc1cccc(OCCN2CCN(S(=O)(=O)c3cccs3)CC2)c1)Cc1cccc2ccccc12. The lowest BCUT2D eigenvalue weighted by atomic mass is 10.0. The lowest BCUT2D eigenvalue weighted by Gasteiger charge is -2.33. The summed E-state index contributed by atoms with van der Waals surface area (Å²) in [5.74, 6) is 0.870. The Morgan fingerprint density at radius 1 is 0.892 bits per heavy atom. The molecule has 1 aliphatic rings. The number of hydrogen-bond acceptors (Lipinski definition) is 6. The van der Waals surface area contributed by atoms with Gasteiger partial charge < -0.3 is 4.74 Å². The molecule has 1 saturated heterocycles. The molecule has 1 aliphatic heterocycles. The van der Waals surface area contributed by atoms with Gasteiger partial charge >= 0.3 is 0 Å². The Kier molecular flexibility index (Phi) is 8.22. The number of rotatable bonds is 10. The fourth-order valence-corrected chi connectivity index (χ4v) is 7.41. The van der Waals surface area contributed by atoms with Crippen LogP contribution in [0.25, 0.3) is 10.8 Å². The van der Waals surface area contributed by atoms with Crippen LogP contribution in [0.3, 0.4) is 0 Å². The van der Waals surface area contributed by atoms with Crippen molar-refractivity contribution in [2.45, 2.75) is 17.3 Å². The van der Waals surface area contributed by atoms with E-state index in [1.165, 1.54) is 33.2 Å². The van der Waals surface area contributed by atoms with Gasteiger partial charge in [0.1, 0.15) is 16.6 Å². The Hall–Kier alpha value is -2.75. The Morgan fingerprint density at radius 2 is 1.68 bits per heavy atom. The van der Waals surface area contributed by atoms with Crippen LogP contribution >= 0.6 is 11.3 Å². The van der Waals surface area contributed by atoms with Crippen molar-refractivity contribution in [1.82, 2.24) is 14.1 Å². The number of piperazine rings is 1. The van der Waals surface area contributed by atoms with Crippen LogP contribution in [0.2, 0.25) is 0 Å². The highest BCUT2D eigenvalue weighted by molar-refractivity contribution is 7.91. The summed E-state index contributed by atoms with van der Waals surface area (Å²) >= 11 is 1.27. The van der Waals surface area contributed by atoms with Crippen molar-refractivity contribution in [3.8, 4) is 5.75 Å². The van der Waals surface area contributed by atoms with Gasteiger partial charge in [0.05, 0.1) is 0 Å². The summed E-state index contributed by atoms with van der Waals surface area (Å²) in [6.07, 6.45) is 0. The first-order valence-corrected chi connectivity index (χ1v) is 14.9. The maximum Gasteiger partial charge on any atom is 0.252 e. The Bertz CT molecular complexity index is 1410. The summed E-state index contributed by atoms with van der Waals surface area (Å²) in [5, 5.41) is 4.38. The zero-order valence-corrected chi connectivity index (χ0v) is 22.8. The summed E-state index contributed by atoms with van der Waals surface area (Å²) in [7, 11) is -1.22. The highest BCUT2D eigenvalue weighted by Gasteiger charge is 2.28. The van der Waals surface area contributed by atoms with E-state index in [2.05, 4.69) is 71.4 Å². The van der Waals surface area contributed by atoms with Crippen LogP contribution in [0, 0.1) is 0 Å². The molecule has 2 heterocycles. The van der Waals surface area contributed by atoms with Crippen LogP contribution in [-0.2, 0) is 23.1 Å². The van der Waals surface area contributed by atoms with Crippen molar-refractivity contribution in [1.29, 1.82) is 0 Å². The quantitative estimate of drug-likeness (QED) is 0.289. The highest BCUT2D eigenvalue weighted by Crippen LogP contribution is 2.23. The molecule has 0 unspecified atom stereocenters. The van der Waals surface area contributed by atoms with Crippen LogP contribution in [-0.4, -0.2) is 68.9 Å². The van der Waals surface area contributed by atoms with E-state index in [1.807, 2.05) is 12.1 Å². The first kappa shape index (κ1) is 25.9. The summed E-state index contributed by atoms with van der Waals surface area (Å²) < 4.78 is 33.5. The minimum Gasteiger partial charge on any atom is -0.492 e. The molecule has 5 rings (SSSR count). The lowest BCUT2D eigenvalue weighted by molar-refractivity contribution is 0.159. The second kappa shape index (κ2) is 11.8. The Morgan fingerprint density at radius 3 is 2.49 bits per heavy atom. The molecule has 0 amide bonds. The molecular formula is C29H33N3O3S2. The molecule has 8 heteroatoms. The second-order valence-electron chi connectivity index (χ2n) is 9.48. The maximum atomic E-state index is 12.7. The minimum absolute atomic E-state index is 0.423. The Balaban J connectivity index is 1.09. The number of fused-ring (bicyclic) bond motifs is 1. The molecule has 0 spiro atoms. The van der Waals surface area contributed by atoms with Gasteiger partial charge in [-0.25, -0.2) is 8.42 Å². The molecule has 0 bridgehead atoms. The van der Waals surface area contributed by atoms with Crippen molar-refractivity contribution in [2.75, 3.05) is 46.4 Å². The molecule has 1 aromatic heterocycles. The topological polar surface area (TPSA) is 53.1 Å². The monoisotopic (exact) mass is 535 g/mol. The highest BCUT2D eigenvalue weighted by atomic mass is 32.2. The van der Waals surface area contributed by atoms with E-state index in [9.17, 15) is 8.42 Å². The molecule has 0 saturated carbocycles. The molecule has 1 fully saturated rings. The first-order valence-electron chi connectivity index (χ1n) is 12.6. The van der Waals surface area contributed by atoms with E-state index in [-0.39, 0.29) is 0 Å². The zero-order chi connectivity index (χ0) is 25.7. The van der Waals surface area contributed by atoms with Crippen LogP contribution in [0.1, 0.15) is 11.1 Å². The molecule has 6 nitrogen and oxygen atoms in total. The van der Waals surface area contributed by atoms with Gasteiger partial charge in [-0.2, -0.15) is 4.31 Å². The zero-order valence-electron chi connectivity index (χ0n) is 21.1. The number of benzene rings is 3. The summed E-state index contributed by atoms with van der Waals surface area (Å²) in [6.45, 7) is 5.52. The van der Waals surface area contributed by atoms with E-state index >= 15 is 0 Å². The third-order valence-electron chi connectivity index (χ3n) is 6.77. The third-order valence-corrected chi connectivity index (χ3v) is 10.0. The fraction of sp³-hybridized carbons (Fsp3) is 0.310. The van der Waals surface area contributed by atoms with Crippen LogP contribution in [0.5, 0.6) is 5.75 Å². The predicted molar refractivity (Wildman–Crippen MR) is 151 cm³/mol. The summed E-state index contributed by atoms with van der Waals surface area (Å²) in [4.78, 5) is 4.59. The summed E-state index contributed by atoms with van der Waals surface area (Å²) in [6, 6.07) is 26.8. The van der Waals surface area contributed by atoms with Crippen LogP contribution in [0.4, 0.5) is 0 Å². The fourth-order valence-electron chi connectivity index (χ4n) is 4.85. The van der Waals surface area contributed by atoms with Crippen molar-refractivity contribution < 1.29 is 13.2 Å². The average molecular weight is 536 g/mol. The van der Waals surface area contributed by atoms with Crippen molar-refractivity contribution >= 4 is 32.1 Å². The van der Waals surface area contributed by atoms with Crippen molar-refractivity contribution in [2.24, 2.45) is 0 Å². The van der Waals surface area contributed by atoms with Gasteiger partial charge in [0.25, 0.3) is 10.0 Å². The van der Waals surface area contributed by atoms with Gasteiger partial charge in [-0.05, 0) is 52.5 Å². The Labute approximate surface area is 223 Å². The minimum atomic E-state index is -3.36. The van der Waals surface area contributed by atoms with Gasteiger partial charge in [-0.3, -0.25) is 9.80 Å². The normalized spacial score (nSPS) is 15.4.